The van der Waals surface area contributed by atoms with Gasteiger partial charge >= 0.3 is 12.0 Å². The Morgan fingerprint density at radius 1 is 0.917 bits per heavy atom. The van der Waals surface area contributed by atoms with Gasteiger partial charge in [-0.2, -0.15) is 0 Å². The predicted octanol–water partition coefficient (Wildman–Crippen LogP) is 5.69. The lowest BCUT2D eigenvalue weighted by molar-refractivity contribution is -0.139. The zero-order valence-electron chi connectivity index (χ0n) is 20.9. The van der Waals surface area contributed by atoms with Gasteiger partial charge in [-0.05, 0) is 73.9 Å². The average Bonchev–Trinajstić information content (AvgIpc) is 2.87. The first-order chi connectivity index (χ1) is 17.4. The number of carbonyl (C=O) groups is 2. The summed E-state index contributed by atoms with van der Waals surface area (Å²) < 4.78 is 17.4. The first-order valence-corrected chi connectivity index (χ1v) is 11.8. The number of nitrogens with zero attached hydrogens (tertiary/aromatic N) is 1. The van der Waals surface area contributed by atoms with Gasteiger partial charge in [0, 0.05) is 7.05 Å². The average molecular weight is 487 g/mol. The van der Waals surface area contributed by atoms with E-state index in [1.165, 1.54) is 4.90 Å². The molecule has 0 fully saturated rings. The molecule has 1 unspecified atom stereocenters. The summed E-state index contributed by atoms with van der Waals surface area (Å²) in [5.41, 5.74) is 3.70. The van der Waals surface area contributed by atoms with Crippen LogP contribution in [0.25, 0.3) is 0 Å². The molecule has 0 aromatic heterocycles. The van der Waals surface area contributed by atoms with Crippen molar-refractivity contribution < 1.29 is 23.8 Å². The topological polar surface area (TPSA) is 77.1 Å². The highest BCUT2D eigenvalue weighted by molar-refractivity contribution is 5.95. The van der Waals surface area contributed by atoms with Crippen molar-refractivity contribution in [3.63, 3.8) is 0 Å². The Morgan fingerprint density at radius 2 is 1.67 bits per heavy atom. The Labute approximate surface area is 211 Å². The number of para-hydroxylation sites is 1. The van der Waals surface area contributed by atoms with Crippen molar-refractivity contribution >= 4 is 12.0 Å². The van der Waals surface area contributed by atoms with Crippen molar-refractivity contribution in [3.05, 3.63) is 101 Å². The highest BCUT2D eigenvalue weighted by atomic mass is 16.5. The largest absolute Gasteiger partial charge is 0.487 e. The van der Waals surface area contributed by atoms with E-state index in [-0.39, 0.29) is 19.2 Å². The lowest BCUT2D eigenvalue weighted by atomic mass is 9.94. The number of nitrogens with one attached hydrogen (secondary N) is 1. The number of carbonyl (C=O) groups excluding carboxylic acids is 2. The number of ether oxygens (including phenoxy) is 3. The van der Waals surface area contributed by atoms with Crippen LogP contribution in [0.5, 0.6) is 17.2 Å². The predicted molar refractivity (Wildman–Crippen MR) is 137 cm³/mol. The van der Waals surface area contributed by atoms with Crippen LogP contribution in [0.2, 0.25) is 0 Å². The Morgan fingerprint density at radius 3 is 2.39 bits per heavy atom. The second kappa shape index (κ2) is 11.0. The van der Waals surface area contributed by atoms with E-state index in [4.69, 9.17) is 14.2 Å². The molecule has 4 rings (SSSR count). The molecule has 3 aromatic rings. The molecule has 0 aliphatic carbocycles. The van der Waals surface area contributed by atoms with E-state index in [9.17, 15) is 9.59 Å². The fraction of sp³-hybridized carbons (Fsp3) is 0.241. The maximum Gasteiger partial charge on any atom is 0.338 e. The number of aryl methyl sites for hydroxylation is 2. The SMILES string of the molecule is CCOC(=O)C1=C(COc2ccc(C)c(C)c2)N(C)C(=O)NC1c1cccc(Oc2ccccc2)c1. The molecule has 186 valence electrons. The Hall–Kier alpha value is -4.26. The van der Waals surface area contributed by atoms with Gasteiger partial charge in [0.15, 0.2) is 0 Å². The summed E-state index contributed by atoms with van der Waals surface area (Å²) in [6.07, 6.45) is 0. The number of benzene rings is 3. The third-order valence-electron chi connectivity index (χ3n) is 6.10. The minimum absolute atomic E-state index is 0.0251. The molecule has 2 amide bonds. The molecule has 0 radical (unpaired) electrons. The molecular formula is C29H30N2O5. The van der Waals surface area contributed by atoms with Crippen LogP contribution in [0.1, 0.15) is 29.7 Å². The monoisotopic (exact) mass is 486 g/mol. The van der Waals surface area contributed by atoms with E-state index < -0.39 is 12.0 Å². The van der Waals surface area contributed by atoms with E-state index >= 15 is 0 Å². The molecular weight excluding hydrogens is 456 g/mol. The summed E-state index contributed by atoms with van der Waals surface area (Å²) in [6, 6.07) is 21.4. The van der Waals surface area contributed by atoms with E-state index in [1.807, 2.05) is 86.6 Å². The van der Waals surface area contributed by atoms with Gasteiger partial charge in [0.25, 0.3) is 0 Å². The third kappa shape index (κ3) is 5.51. The Balaban J connectivity index is 1.70. The molecule has 0 spiro atoms. The Bertz CT molecular complexity index is 1290. The number of esters is 1. The van der Waals surface area contributed by atoms with Crippen LogP contribution in [0.3, 0.4) is 0 Å². The van der Waals surface area contributed by atoms with Gasteiger partial charge in [0.05, 0.1) is 23.9 Å². The molecule has 1 heterocycles. The van der Waals surface area contributed by atoms with E-state index in [2.05, 4.69) is 5.32 Å². The fourth-order valence-corrected chi connectivity index (χ4v) is 3.97. The molecule has 7 nitrogen and oxygen atoms in total. The molecule has 1 N–H and O–H groups in total. The number of rotatable bonds is 8. The van der Waals surface area contributed by atoms with Crippen LogP contribution in [0.15, 0.2) is 84.1 Å². The fourth-order valence-electron chi connectivity index (χ4n) is 3.97. The summed E-state index contributed by atoms with van der Waals surface area (Å²) in [4.78, 5) is 27.5. The summed E-state index contributed by atoms with van der Waals surface area (Å²) in [5.74, 6) is 1.42. The van der Waals surface area contributed by atoms with Crippen LogP contribution < -0.4 is 14.8 Å². The Kier molecular flexibility index (Phi) is 7.59. The molecule has 0 bridgehead atoms. The van der Waals surface area contributed by atoms with Gasteiger partial charge in [0.2, 0.25) is 0 Å². The van der Waals surface area contributed by atoms with Crippen LogP contribution in [0, 0.1) is 13.8 Å². The zero-order chi connectivity index (χ0) is 25.7. The molecule has 1 atom stereocenters. The van der Waals surface area contributed by atoms with Crippen molar-refractivity contribution in [2.24, 2.45) is 0 Å². The molecule has 1 aliphatic rings. The van der Waals surface area contributed by atoms with Crippen molar-refractivity contribution in [1.29, 1.82) is 0 Å². The molecule has 0 saturated carbocycles. The lowest BCUT2D eigenvalue weighted by Crippen LogP contribution is -2.48. The second-order valence-electron chi connectivity index (χ2n) is 8.54. The zero-order valence-corrected chi connectivity index (χ0v) is 20.9. The van der Waals surface area contributed by atoms with Crippen molar-refractivity contribution in [2.45, 2.75) is 26.8 Å². The quantitative estimate of drug-likeness (QED) is 0.414. The van der Waals surface area contributed by atoms with Crippen LogP contribution >= 0.6 is 0 Å². The van der Waals surface area contributed by atoms with Crippen LogP contribution in [-0.4, -0.2) is 37.2 Å². The highest BCUT2D eigenvalue weighted by Gasteiger charge is 2.37. The van der Waals surface area contributed by atoms with Gasteiger partial charge < -0.3 is 19.5 Å². The van der Waals surface area contributed by atoms with Crippen LogP contribution in [0.4, 0.5) is 4.79 Å². The molecule has 36 heavy (non-hydrogen) atoms. The van der Waals surface area contributed by atoms with Crippen molar-refractivity contribution in [1.82, 2.24) is 10.2 Å². The van der Waals surface area contributed by atoms with E-state index in [0.29, 0.717) is 34.1 Å². The smallest absolute Gasteiger partial charge is 0.338 e. The number of hydrogen-bond donors (Lipinski definition) is 1. The molecule has 0 saturated heterocycles. The number of amides is 2. The van der Waals surface area contributed by atoms with Gasteiger partial charge in [0.1, 0.15) is 23.9 Å². The number of hydrogen-bond acceptors (Lipinski definition) is 5. The maximum atomic E-state index is 13.2. The van der Waals surface area contributed by atoms with Gasteiger partial charge in [-0.1, -0.05) is 36.4 Å². The van der Waals surface area contributed by atoms with E-state index in [0.717, 1.165) is 11.1 Å². The van der Waals surface area contributed by atoms with Crippen molar-refractivity contribution in [2.75, 3.05) is 20.3 Å². The minimum Gasteiger partial charge on any atom is -0.487 e. The normalized spacial score (nSPS) is 15.4. The van der Waals surface area contributed by atoms with E-state index in [1.54, 1.807) is 14.0 Å². The standard InChI is InChI=1S/C29H30N2O5/c1-5-34-28(32)26-25(18-35-23-15-14-19(2)20(3)16-23)31(4)29(33)30-27(26)21-10-9-13-24(17-21)36-22-11-7-6-8-12-22/h6-17,27H,5,18H2,1-4H3,(H,30,33). The molecule has 7 heteroatoms. The summed E-state index contributed by atoms with van der Waals surface area (Å²) in [5, 5.41) is 2.92. The first kappa shape index (κ1) is 24.9. The summed E-state index contributed by atoms with van der Waals surface area (Å²) in [6.45, 7) is 6.01. The lowest BCUT2D eigenvalue weighted by Gasteiger charge is -2.34. The maximum absolute atomic E-state index is 13.2. The third-order valence-corrected chi connectivity index (χ3v) is 6.10. The minimum atomic E-state index is -0.731. The van der Waals surface area contributed by atoms with Gasteiger partial charge in [-0.15, -0.1) is 0 Å². The summed E-state index contributed by atoms with van der Waals surface area (Å²) in [7, 11) is 1.61. The second-order valence-corrected chi connectivity index (χ2v) is 8.54. The molecule has 1 aliphatic heterocycles. The molecule has 3 aromatic carbocycles. The number of urea groups is 1. The number of likely N-dealkylation sites (N-methyl/N-ethyl adjacent to an activating group) is 1. The first-order valence-electron chi connectivity index (χ1n) is 11.8. The van der Waals surface area contributed by atoms with Crippen LogP contribution in [-0.2, 0) is 9.53 Å². The summed E-state index contributed by atoms with van der Waals surface area (Å²) >= 11 is 0. The highest BCUT2D eigenvalue weighted by Crippen LogP contribution is 2.34. The van der Waals surface area contributed by atoms with Crippen molar-refractivity contribution in [3.8, 4) is 17.2 Å². The van der Waals surface area contributed by atoms with Gasteiger partial charge in [-0.3, -0.25) is 4.90 Å². The van der Waals surface area contributed by atoms with Gasteiger partial charge in [-0.25, -0.2) is 9.59 Å².